The summed E-state index contributed by atoms with van der Waals surface area (Å²) in [6, 6.07) is 11.8. The number of hydrogen-bond acceptors (Lipinski definition) is 3. The summed E-state index contributed by atoms with van der Waals surface area (Å²) in [5.41, 5.74) is 2.26. The van der Waals surface area contributed by atoms with Gasteiger partial charge in [0.1, 0.15) is 5.56 Å². The van der Waals surface area contributed by atoms with Crippen LogP contribution in [0.15, 0.2) is 42.5 Å². The Hall–Kier alpha value is -2.21. The highest BCUT2D eigenvalue weighted by Crippen LogP contribution is 2.22. The molecule has 5 nitrogen and oxygen atoms in total. The average molecular weight is 349 g/mol. The van der Waals surface area contributed by atoms with E-state index in [9.17, 15) is 14.9 Å². The molecule has 0 spiro atoms. The molecule has 0 saturated carbocycles. The molecule has 1 N–H and O–H groups in total. The Labute approximate surface area is 130 Å². The number of amides is 1. The molecule has 108 valence electrons. The first-order valence-corrected chi connectivity index (χ1v) is 7.34. The molecule has 0 saturated heterocycles. The first-order chi connectivity index (χ1) is 10.0. The van der Waals surface area contributed by atoms with Gasteiger partial charge >= 0.3 is 0 Å². The first-order valence-electron chi connectivity index (χ1n) is 6.22. The quantitative estimate of drug-likeness (QED) is 0.514. The predicted octanol–water partition coefficient (Wildman–Crippen LogP) is 4.05. The Balaban J connectivity index is 2.31. The highest BCUT2D eigenvalue weighted by atomic mass is 79.9. The van der Waals surface area contributed by atoms with Crippen LogP contribution in [-0.2, 0) is 5.33 Å². The van der Waals surface area contributed by atoms with Crippen LogP contribution < -0.4 is 5.32 Å². The van der Waals surface area contributed by atoms with E-state index in [4.69, 9.17) is 0 Å². The van der Waals surface area contributed by atoms with Gasteiger partial charge < -0.3 is 5.32 Å². The zero-order valence-electron chi connectivity index (χ0n) is 11.3. The third-order valence-electron chi connectivity index (χ3n) is 2.93. The fourth-order valence-corrected chi connectivity index (χ4v) is 2.27. The van der Waals surface area contributed by atoms with Gasteiger partial charge in [0.05, 0.1) is 4.92 Å². The molecule has 0 atom stereocenters. The van der Waals surface area contributed by atoms with E-state index in [1.54, 1.807) is 19.1 Å². The summed E-state index contributed by atoms with van der Waals surface area (Å²) in [6.07, 6.45) is 0. The van der Waals surface area contributed by atoms with Crippen molar-refractivity contribution in [2.45, 2.75) is 12.3 Å². The molecule has 0 bridgehead atoms. The van der Waals surface area contributed by atoms with Gasteiger partial charge in [-0.05, 0) is 36.2 Å². The monoisotopic (exact) mass is 348 g/mol. The van der Waals surface area contributed by atoms with Crippen LogP contribution in [0.25, 0.3) is 0 Å². The van der Waals surface area contributed by atoms with Gasteiger partial charge in [0.25, 0.3) is 11.6 Å². The van der Waals surface area contributed by atoms with E-state index in [-0.39, 0.29) is 11.3 Å². The van der Waals surface area contributed by atoms with Gasteiger partial charge in [-0.1, -0.05) is 34.1 Å². The second-order valence-corrected chi connectivity index (χ2v) is 5.13. The van der Waals surface area contributed by atoms with Crippen molar-refractivity contribution in [2.24, 2.45) is 0 Å². The van der Waals surface area contributed by atoms with Gasteiger partial charge in [0.15, 0.2) is 0 Å². The number of rotatable bonds is 4. The minimum absolute atomic E-state index is 0.0595. The second-order valence-electron chi connectivity index (χ2n) is 4.57. The Kier molecular flexibility index (Phi) is 4.70. The third-order valence-corrected chi connectivity index (χ3v) is 3.58. The zero-order chi connectivity index (χ0) is 15.4. The van der Waals surface area contributed by atoms with E-state index in [2.05, 4.69) is 21.2 Å². The molecule has 2 aromatic carbocycles. The van der Waals surface area contributed by atoms with E-state index in [1.807, 2.05) is 18.2 Å². The molecule has 2 rings (SSSR count). The van der Waals surface area contributed by atoms with Crippen LogP contribution >= 0.6 is 15.9 Å². The standard InChI is InChI=1S/C15H13BrN2O3/c1-10-5-6-14(18(20)21)13(7-10)15(19)17-12-4-2-3-11(8-12)9-16/h2-8H,9H2,1H3,(H,17,19). The van der Waals surface area contributed by atoms with Crippen molar-refractivity contribution in [3.63, 3.8) is 0 Å². The first kappa shape index (κ1) is 15.2. The minimum atomic E-state index is -0.552. The van der Waals surface area contributed by atoms with E-state index in [0.717, 1.165) is 11.1 Å². The number of benzene rings is 2. The van der Waals surface area contributed by atoms with E-state index < -0.39 is 10.8 Å². The maximum Gasteiger partial charge on any atom is 0.282 e. The number of alkyl halides is 1. The largest absolute Gasteiger partial charge is 0.322 e. The number of carbonyl (C=O) groups excluding carboxylic acids is 1. The van der Waals surface area contributed by atoms with Crippen LogP contribution in [0.2, 0.25) is 0 Å². The molecule has 0 aromatic heterocycles. The number of nitrogens with one attached hydrogen (secondary N) is 1. The van der Waals surface area contributed by atoms with Crippen molar-refractivity contribution >= 4 is 33.2 Å². The van der Waals surface area contributed by atoms with Crippen LogP contribution in [-0.4, -0.2) is 10.8 Å². The molecule has 6 heteroatoms. The highest BCUT2D eigenvalue weighted by molar-refractivity contribution is 9.08. The predicted molar refractivity (Wildman–Crippen MR) is 84.9 cm³/mol. The Morgan fingerprint density at radius 1 is 1.29 bits per heavy atom. The van der Waals surface area contributed by atoms with Gasteiger partial charge in [-0.25, -0.2) is 0 Å². The van der Waals surface area contributed by atoms with Gasteiger partial charge in [-0.2, -0.15) is 0 Å². The second kappa shape index (κ2) is 6.49. The number of carbonyl (C=O) groups is 1. The van der Waals surface area contributed by atoms with Gasteiger partial charge in [0, 0.05) is 17.1 Å². The van der Waals surface area contributed by atoms with Gasteiger partial charge in [0.2, 0.25) is 0 Å². The zero-order valence-corrected chi connectivity index (χ0v) is 12.9. The third kappa shape index (κ3) is 3.66. The van der Waals surface area contributed by atoms with Crippen LogP contribution in [0.5, 0.6) is 0 Å². The van der Waals surface area contributed by atoms with E-state index >= 15 is 0 Å². The lowest BCUT2D eigenvalue weighted by molar-refractivity contribution is -0.385. The van der Waals surface area contributed by atoms with Crippen LogP contribution in [0.1, 0.15) is 21.5 Å². The fraction of sp³-hybridized carbons (Fsp3) is 0.133. The number of nitrogens with zero attached hydrogens (tertiary/aromatic N) is 1. The molecule has 0 unspecified atom stereocenters. The molecule has 0 radical (unpaired) electrons. The number of nitro groups is 1. The van der Waals surface area contributed by atoms with Gasteiger partial charge in [-0.15, -0.1) is 0 Å². The number of halogens is 1. The highest BCUT2D eigenvalue weighted by Gasteiger charge is 2.20. The Bertz CT molecular complexity index is 701. The molecule has 0 heterocycles. The number of nitro benzene ring substituents is 1. The topological polar surface area (TPSA) is 72.2 Å². The summed E-state index contributed by atoms with van der Waals surface area (Å²) in [5, 5.41) is 14.4. The normalized spacial score (nSPS) is 10.2. The lowest BCUT2D eigenvalue weighted by Crippen LogP contribution is -2.14. The Morgan fingerprint density at radius 3 is 2.71 bits per heavy atom. The summed E-state index contributed by atoms with van der Waals surface area (Å²) in [7, 11) is 0. The lowest BCUT2D eigenvalue weighted by atomic mass is 10.1. The molecule has 0 aliphatic carbocycles. The molecule has 0 aliphatic heterocycles. The summed E-state index contributed by atoms with van der Waals surface area (Å²) < 4.78 is 0. The minimum Gasteiger partial charge on any atom is -0.322 e. The molecule has 21 heavy (non-hydrogen) atoms. The van der Waals surface area contributed by atoms with E-state index in [1.165, 1.54) is 12.1 Å². The lowest BCUT2D eigenvalue weighted by Gasteiger charge is -2.07. The number of aryl methyl sites for hydroxylation is 1. The number of anilines is 1. The van der Waals surface area contributed by atoms with Crippen molar-refractivity contribution in [3.8, 4) is 0 Å². The average Bonchev–Trinajstić information content (AvgIpc) is 2.47. The van der Waals surface area contributed by atoms with E-state index in [0.29, 0.717) is 11.0 Å². The molecule has 0 fully saturated rings. The van der Waals surface area contributed by atoms with Crippen molar-refractivity contribution in [1.29, 1.82) is 0 Å². The molecular weight excluding hydrogens is 336 g/mol. The molecule has 0 aliphatic rings. The maximum atomic E-state index is 12.3. The molecular formula is C15H13BrN2O3. The van der Waals surface area contributed by atoms with Crippen LogP contribution in [0, 0.1) is 17.0 Å². The molecule has 1 amide bonds. The van der Waals surface area contributed by atoms with Crippen LogP contribution in [0.3, 0.4) is 0 Å². The van der Waals surface area contributed by atoms with Gasteiger partial charge in [-0.3, -0.25) is 14.9 Å². The summed E-state index contributed by atoms with van der Waals surface area (Å²) in [5.74, 6) is -0.489. The Morgan fingerprint density at radius 2 is 2.05 bits per heavy atom. The fourth-order valence-electron chi connectivity index (χ4n) is 1.92. The summed E-state index contributed by atoms with van der Waals surface area (Å²) in [4.78, 5) is 22.7. The summed E-state index contributed by atoms with van der Waals surface area (Å²) in [6.45, 7) is 1.78. The van der Waals surface area contributed by atoms with Crippen molar-refractivity contribution < 1.29 is 9.72 Å². The van der Waals surface area contributed by atoms with Crippen molar-refractivity contribution in [1.82, 2.24) is 0 Å². The SMILES string of the molecule is Cc1ccc([N+](=O)[O-])c(C(=O)Nc2cccc(CBr)c2)c1. The van der Waals surface area contributed by atoms with Crippen molar-refractivity contribution in [3.05, 3.63) is 69.3 Å². The molecule has 2 aromatic rings. The smallest absolute Gasteiger partial charge is 0.282 e. The summed E-state index contributed by atoms with van der Waals surface area (Å²) >= 11 is 3.34. The van der Waals surface area contributed by atoms with Crippen molar-refractivity contribution in [2.75, 3.05) is 5.32 Å². The maximum absolute atomic E-state index is 12.3. The number of hydrogen-bond donors (Lipinski definition) is 1. The van der Waals surface area contributed by atoms with Crippen LogP contribution in [0.4, 0.5) is 11.4 Å².